The Hall–Kier alpha value is 0.270. The molecule has 0 amide bonds. The first kappa shape index (κ1) is 18.3. The van der Waals surface area contributed by atoms with Gasteiger partial charge in [0.25, 0.3) is 0 Å². The van der Waals surface area contributed by atoms with E-state index >= 15 is 0 Å². The molecule has 1 aliphatic rings. The maximum Gasteiger partial charge on any atom is 0.188 e. The molecular weight excluding hydrogens is 363 g/mol. The van der Waals surface area contributed by atoms with Crippen LogP contribution in [0.2, 0.25) is 0 Å². The van der Waals surface area contributed by atoms with E-state index in [2.05, 4.69) is 21.5 Å². The van der Waals surface area contributed by atoms with E-state index in [9.17, 15) is 0 Å². The zero-order valence-corrected chi connectivity index (χ0v) is 14.2. The monoisotopic (exact) mass is 388 g/mol. The molecule has 108 valence electrons. The number of nitrogens with zero attached hydrogens (tertiary/aromatic N) is 2. The van der Waals surface area contributed by atoms with Gasteiger partial charge in [0.15, 0.2) is 5.96 Å². The number of hydrogen-bond donors (Lipinski definition) is 2. The highest BCUT2D eigenvalue weighted by Crippen LogP contribution is 1.97. The van der Waals surface area contributed by atoms with E-state index in [0.717, 1.165) is 58.1 Å². The number of aliphatic imine (C=N–C) groups is 1. The van der Waals surface area contributed by atoms with Gasteiger partial charge in [0.05, 0.1) is 13.2 Å². The summed E-state index contributed by atoms with van der Waals surface area (Å²) in [6.07, 6.45) is 3.14. The lowest BCUT2D eigenvalue weighted by Gasteiger charge is -2.26. The summed E-state index contributed by atoms with van der Waals surface area (Å²) in [4.78, 5) is 6.71. The van der Waals surface area contributed by atoms with Crippen molar-refractivity contribution in [2.75, 3.05) is 57.9 Å². The Balaban J connectivity index is 0.00000289. The van der Waals surface area contributed by atoms with Crippen molar-refractivity contribution in [3.63, 3.8) is 0 Å². The molecule has 0 aromatic carbocycles. The normalized spacial score (nSPS) is 17.3. The molecule has 3 N–H and O–H groups in total. The minimum Gasteiger partial charge on any atom is -0.379 e. The average molecular weight is 388 g/mol. The number of rotatable bonds is 7. The van der Waals surface area contributed by atoms with Gasteiger partial charge in [-0.25, -0.2) is 0 Å². The van der Waals surface area contributed by atoms with Gasteiger partial charge < -0.3 is 15.8 Å². The number of ether oxygens (including phenoxy) is 1. The van der Waals surface area contributed by atoms with E-state index in [1.165, 1.54) is 0 Å². The third-order valence-electron chi connectivity index (χ3n) is 2.63. The largest absolute Gasteiger partial charge is 0.379 e. The maximum atomic E-state index is 5.73. The minimum atomic E-state index is 0. The molecule has 1 saturated heterocycles. The van der Waals surface area contributed by atoms with Crippen LogP contribution in [-0.4, -0.2) is 68.8 Å². The van der Waals surface area contributed by atoms with Crippen LogP contribution in [0, 0.1) is 0 Å². The molecule has 1 heterocycles. The number of nitrogens with one attached hydrogen (secondary N) is 1. The van der Waals surface area contributed by atoms with Gasteiger partial charge in [-0.2, -0.15) is 11.8 Å². The van der Waals surface area contributed by atoms with Crippen LogP contribution < -0.4 is 11.1 Å². The van der Waals surface area contributed by atoms with Crippen LogP contribution in [0.5, 0.6) is 0 Å². The first-order chi connectivity index (χ1) is 8.33. The molecule has 0 aromatic heterocycles. The van der Waals surface area contributed by atoms with E-state index in [-0.39, 0.29) is 24.0 Å². The van der Waals surface area contributed by atoms with Gasteiger partial charge in [0, 0.05) is 38.5 Å². The highest BCUT2D eigenvalue weighted by molar-refractivity contribution is 14.0. The lowest BCUT2D eigenvalue weighted by atomic mass is 10.3. The van der Waals surface area contributed by atoms with Crippen molar-refractivity contribution in [3.8, 4) is 0 Å². The summed E-state index contributed by atoms with van der Waals surface area (Å²) in [6, 6.07) is 0. The third-order valence-corrected chi connectivity index (χ3v) is 3.24. The molecule has 0 bridgehead atoms. The molecule has 0 unspecified atom stereocenters. The van der Waals surface area contributed by atoms with Crippen LogP contribution in [0.4, 0.5) is 0 Å². The number of morpholine rings is 1. The van der Waals surface area contributed by atoms with Crippen LogP contribution >= 0.6 is 35.7 Å². The molecule has 0 radical (unpaired) electrons. The van der Waals surface area contributed by atoms with Gasteiger partial charge in [-0.1, -0.05) is 0 Å². The van der Waals surface area contributed by atoms with E-state index in [1.54, 1.807) is 11.8 Å². The van der Waals surface area contributed by atoms with Crippen LogP contribution in [0.25, 0.3) is 0 Å². The summed E-state index contributed by atoms with van der Waals surface area (Å²) < 4.78 is 5.30. The van der Waals surface area contributed by atoms with Crippen molar-refractivity contribution >= 4 is 41.7 Å². The van der Waals surface area contributed by atoms with Crippen LogP contribution in [0.3, 0.4) is 0 Å². The number of guanidine groups is 1. The second-order valence-electron chi connectivity index (χ2n) is 3.99. The lowest BCUT2D eigenvalue weighted by Crippen LogP contribution is -2.37. The van der Waals surface area contributed by atoms with E-state index < -0.39 is 0 Å². The fourth-order valence-corrected chi connectivity index (χ4v) is 1.96. The first-order valence-electron chi connectivity index (χ1n) is 6.16. The summed E-state index contributed by atoms with van der Waals surface area (Å²) >= 11 is 1.80. The van der Waals surface area contributed by atoms with Crippen molar-refractivity contribution in [2.45, 2.75) is 6.42 Å². The number of hydrogen-bond acceptors (Lipinski definition) is 4. The smallest absolute Gasteiger partial charge is 0.188 e. The van der Waals surface area contributed by atoms with Gasteiger partial charge in [0.2, 0.25) is 0 Å². The third kappa shape index (κ3) is 9.23. The maximum absolute atomic E-state index is 5.73. The Labute approximate surface area is 131 Å². The molecule has 0 atom stereocenters. The topological polar surface area (TPSA) is 62.9 Å². The molecule has 7 heteroatoms. The predicted molar refractivity (Wildman–Crippen MR) is 90.2 cm³/mol. The highest BCUT2D eigenvalue weighted by Gasteiger charge is 2.08. The van der Waals surface area contributed by atoms with E-state index in [1.807, 2.05) is 0 Å². The Kier molecular flexibility index (Phi) is 12.5. The summed E-state index contributed by atoms with van der Waals surface area (Å²) in [7, 11) is 0. The molecule has 18 heavy (non-hydrogen) atoms. The summed E-state index contributed by atoms with van der Waals surface area (Å²) in [5, 5.41) is 3.10. The Morgan fingerprint density at radius 3 is 2.83 bits per heavy atom. The van der Waals surface area contributed by atoms with Gasteiger partial charge >= 0.3 is 0 Å². The molecule has 0 spiro atoms. The van der Waals surface area contributed by atoms with Crippen molar-refractivity contribution in [1.29, 1.82) is 0 Å². The van der Waals surface area contributed by atoms with Crippen molar-refractivity contribution in [3.05, 3.63) is 0 Å². The summed E-state index contributed by atoms with van der Waals surface area (Å²) in [5.41, 5.74) is 5.73. The molecule has 0 saturated carbocycles. The van der Waals surface area contributed by atoms with Gasteiger partial charge in [0.1, 0.15) is 0 Å². The first-order valence-corrected chi connectivity index (χ1v) is 7.55. The Bertz CT molecular complexity index is 225. The quantitative estimate of drug-likeness (QED) is 0.289. The Morgan fingerprint density at radius 2 is 2.17 bits per heavy atom. The van der Waals surface area contributed by atoms with Crippen LogP contribution in [0.15, 0.2) is 4.99 Å². The predicted octanol–water partition coefficient (Wildman–Crippen LogP) is 0.594. The van der Waals surface area contributed by atoms with Gasteiger partial charge in [-0.15, -0.1) is 24.0 Å². The van der Waals surface area contributed by atoms with Gasteiger partial charge in [-0.05, 0) is 12.7 Å². The number of halogens is 1. The molecule has 0 aliphatic carbocycles. The highest BCUT2D eigenvalue weighted by atomic mass is 127. The number of thioether (sulfide) groups is 1. The average Bonchev–Trinajstić information content (AvgIpc) is 2.36. The second kappa shape index (κ2) is 12.3. The summed E-state index contributed by atoms with van der Waals surface area (Å²) in [6.45, 7) is 6.60. The van der Waals surface area contributed by atoms with Crippen LogP contribution in [-0.2, 0) is 4.74 Å². The molecule has 1 rings (SSSR count). The molecular formula is C11H25IN4OS. The zero-order chi connectivity index (χ0) is 12.3. The molecule has 1 fully saturated rings. The zero-order valence-electron chi connectivity index (χ0n) is 11.1. The SMILES string of the molecule is CSCCNC(N)=NCCCN1CCOCC1.I. The summed E-state index contributed by atoms with van der Waals surface area (Å²) in [5.74, 6) is 1.63. The Morgan fingerprint density at radius 1 is 1.44 bits per heavy atom. The van der Waals surface area contributed by atoms with E-state index in [4.69, 9.17) is 10.5 Å². The standard InChI is InChI=1S/C11H24N4OS.HI/c1-17-10-4-14-11(12)13-3-2-5-15-6-8-16-9-7-15;/h2-10H2,1H3,(H3,12,13,14);1H. The lowest BCUT2D eigenvalue weighted by molar-refractivity contribution is 0.0377. The van der Waals surface area contributed by atoms with Gasteiger partial charge in [-0.3, -0.25) is 9.89 Å². The second-order valence-corrected chi connectivity index (χ2v) is 4.98. The fourth-order valence-electron chi connectivity index (χ4n) is 1.66. The molecule has 1 aliphatic heterocycles. The van der Waals surface area contributed by atoms with Crippen LogP contribution in [0.1, 0.15) is 6.42 Å². The minimum absolute atomic E-state index is 0. The van der Waals surface area contributed by atoms with Crippen molar-refractivity contribution in [1.82, 2.24) is 10.2 Å². The van der Waals surface area contributed by atoms with Crippen molar-refractivity contribution < 1.29 is 4.74 Å². The fraction of sp³-hybridized carbons (Fsp3) is 0.909. The molecule has 0 aromatic rings. The van der Waals surface area contributed by atoms with E-state index in [0.29, 0.717) is 5.96 Å². The molecule has 5 nitrogen and oxygen atoms in total. The van der Waals surface area contributed by atoms with Crippen molar-refractivity contribution in [2.24, 2.45) is 10.7 Å². The number of nitrogens with two attached hydrogens (primary N) is 1.